The molecule has 2 aliphatic rings. The molecule has 27 heavy (non-hydrogen) atoms. The van der Waals surface area contributed by atoms with E-state index in [4.69, 9.17) is 9.47 Å². The summed E-state index contributed by atoms with van der Waals surface area (Å²) in [7, 11) is 0. The molecule has 5 nitrogen and oxygen atoms in total. The fourth-order valence-corrected chi connectivity index (χ4v) is 3.85. The Labute approximate surface area is 158 Å². The minimum Gasteiger partial charge on any atom is -0.482 e. The zero-order chi connectivity index (χ0) is 18.8. The van der Waals surface area contributed by atoms with Crippen molar-refractivity contribution in [3.05, 3.63) is 59.2 Å². The summed E-state index contributed by atoms with van der Waals surface area (Å²) in [5.74, 6) is -0.0743. The van der Waals surface area contributed by atoms with Crippen LogP contribution in [-0.4, -0.2) is 31.1 Å². The normalized spacial score (nSPS) is 15.8. The molecular formula is C22H23NO4. The molecule has 1 atom stereocenters. The van der Waals surface area contributed by atoms with Crippen LogP contribution in [0.3, 0.4) is 0 Å². The van der Waals surface area contributed by atoms with Gasteiger partial charge in [0, 0.05) is 12.2 Å². The first-order valence-electron chi connectivity index (χ1n) is 9.45. The highest BCUT2D eigenvalue weighted by Crippen LogP contribution is 2.28. The Morgan fingerprint density at radius 2 is 1.85 bits per heavy atom. The summed E-state index contributed by atoms with van der Waals surface area (Å²) in [6.07, 6.45) is 3.31. The molecule has 1 heterocycles. The van der Waals surface area contributed by atoms with Crippen molar-refractivity contribution in [2.75, 3.05) is 18.1 Å². The van der Waals surface area contributed by atoms with Gasteiger partial charge in [0.15, 0.2) is 12.7 Å². The first-order chi connectivity index (χ1) is 13.1. The summed E-state index contributed by atoms with van der Waals surface area (Å²) in [6, 6.07) is 13.7. The van der Waals surface area contributed by atoms with E-state index in [0.717, 1.165) is 30.5 Å². The fraction of sp³-hybridized carbons (Fsp3) is 0.364. The van der Waals surface area contributed by atoms with Crippen molar-refractivity contribution < 1.29 is 19.1 Å². The summed E-state index contributed by atoms with van der Waals surface area (Å²) in [5.41, 5.74) is 4.69. The zero-order valence-corrected chi connectivity index (χ0v) is 15.4. The average Bonchev–Trinajstić information content (AvgIpc) is 3.32. The van der Waals surface area contributed by atoms with Crippen LogP contribution >= 0.6 is 0 Å². The minimum atomic E-state index is -0.840. The number of rotatable bonds is 5. The molecule has 4 rings (SSSR count). The van der Waals surface area contributed by atoms with Gasteiger partial charge in [-0.3, -0.25) is 4.79 Å². The van der Waals surface area contributed by atoms with Crippen LogP contribution in [0.15, 0.2) is 42.5 Å². The lowest BCUT2D eigenvalue weighted by molar-refractivity contribution is -0.155. The lowest BCUT2D eigenvalue weighted by Crippen LogP contribution is -2.39. The largest absolute Gasteiger partial charge is 0.482 e. The number of amides is 1. The van der Waals surface area contributed by atoms with E-state index in [2.05, 4.69) is 6.07 Å². The third-order valence-corrected chi connectivity index (χ3v) is 5.24. The van der Waals surface area contributed by atoms with Crippen LogP contribution < -0.4 is 9.64 Å². The molecule has 140 valence electrons. The van der Waals surface area contributed by atoms with Crippen molar-refractivity contribution in [1.82, 2.24) is 0 Å². The molecule has 5 heteroatoms. The molecular weight excluding hydrogens is 342 g/mol. The maximum atomic E-state index is 12.7. The number of aryl methyl sites for hydroxylation is 2. The number of benzene rings is 2. The summed E-state index contributed by atoms with van der Waals surface area (Å²) < 4.78 is 10.9. The second-order valence-corrected chi connectivity index (χ2v) is 7.07. The Hall–Kier alpha value is -2.82. The number of para-hydroxylation sites is 1. The predicted molar refractivity (Wildman–Crippen MR) is 102 cm³/mol. The topological polar surface area (TPSA) is 55.8 Å². The molecule has 0 spiro atoms. The van der Waals surface area contributed by atoms with Crippen LogP contribution in [0.4, 0.5) is 5.69 Å². The average molecular weight is 365 g/mol. The lowest BCUT2D eigenvalue weighted by Gasteiger charge is -2.21. The van der Waals surface area contributed by atoms with Gasteiger partial charge in [-0.25, -0.2) is 4.79 Å². The first-order valence-corrected chi connectivity index (χ1v) is 9.45. The van der Waals surface area contributed by atoms with Gasteiger partial charge in [-0.2, -0.15) is 0 Å². The Kier molecular flexibility index (Phi) is 4.84. The van der Waals surface area contributed by atoms with Crippen LogP contribution in [0.5, 0.6) is 5.75 Å². The van der Waals surface area contributed by atoms with Gasteiger partial charge in [-0.05, 0) is 67.5 Å². The number of esters is 1. The van der Waals surface area contributed by atoms with Gasteiger partial charge in [0.2, 0.25) is 0 Å². The van der Waals surface area contributed by atoms with E-state index in [-0.39, 0.29) is 12.5 Å². The maximum absolute atomic E-state index is 12.7. The number of fused-ring (bicyclic) bond motifs is 2. The van der Waals surface area contributed by atoms with Gasteiger partial charge >= 0.3 is 5.97 Å². The molecule has 1 aliphatic heterocycles. The van der Waals surface area contributed by atoms with Gasteiger partial charge in [-0.1, -0.05) is 24.3 Å². The van der Waals surface area contributed by atoms with Gasteiger partial charge < -0.3 is 14.4 Å². The van der Waals surface area contributed by atoms with Crippen molar-refractivity contribution in [3.8, 4) is 5.75 Å². The quantitative estimate of drug-likeness (QED) is 0.764. The fourth-order valence-electron chi connectivity index (χ4n) is 3.85. The van der Waals surface area contributed by atoms with Crippen LogP contribution in [0.1, 0.15) is 30.0 Å². The van der Waals surface area contributed by atoms with E-state index in [1.807, 2.05) is 36.4 Å². The van der Waals surface area contributed by atoms with Crippen molar-refractivity contribution in [3.63, 3.8) is 0 Å². The van der Waals surface area contributed by atoms with Gasteiger partial charge in [0.05, 0.1) is 0 Å². The van der Waals surface area contributed by atoms with Crippen LogP contribution in [0.25, 0.3) is 0 Å². The van der Waals surface area contributed by atoms with Gasteiger partial charge in [-0.15, -0.1) is 0 Å². The second kappa shape index (κ2) is 7.43. The number of carbonyl (C=O) groups excluding carboxylic acids is 2. The predicted octanol–water partition coefficient (Wildman–Crippen LogP) is 3.08. The number of hydrogen-bond donors (Lipinski definition) is 0. The number of carbonyl (C=O) groups is 2. The third kappa shape index (κ3) is 3.68. The zero-order valence-electron chi connectivity index (χ0n) is 15.4. The van der Waals surface area contributed by atoms with Crippen molar-refractivity contribution in [2.45, 2.75) is 38.7 Å². The van der Waals surface area contributed by atoms with Gasteiger partial charge in [0.1, 0.15) is 5.75 Å². The third-order valence-electron chi connectivity index (χ3n) is 5.24. The number of hydrogen-bond acceptors (Lipinski definition) is 4. The summed E-state index contributed by atoms with van der Waals surface area (Å²) in [4.78, 5) is 26.5. The van der Waals surface area contributed by atoms with Crippen molar-refractivity contribution >= 4 is 17.6 Å². The number of nitrogens with zero attached hydrogens (tertiary/aromatic N) is 1. The first kappa shape index (κ1) is 17.6. The summed E-state index contributed by atoms with van der Waals surface area (Å²) in [5, 5.41) is 0. The molecule has 1 amide bonds. The van der Waals surface area contributed by atoms with Crippen LogP contribution in [-0.2, 0) is 33.6 Å². The molecule has 0 saturated heterocycles. The Balaban J connectivity index is 1.31. The van der Waals surface area contributed by atoms with E-state index < -0.39 is 12.1 Å². The highest BCUT2D eigenvalue weighted by atomic mass is 16.6. The van der Waals surface area contributed by atoms with E-state index in [1.54, 1.807) is 11.8 Å². The highest BCUT2D eigenvalue weighted by molar-refractivity contribution is 5.99. The molecule has 2 aromatic carbocycles. The number of anilines is 1. The molecule has 0 bridgehead atoms. The van der Waals surface area contributed by atoms with Crippen LogP contribution in [0.2, 0.25) is 0 Å². The maximum Gasteiger partial charge on any atom is 0.344 e. The van der Waals surface area contributed by atoms with Crippen LogP contribution in [0, 0.1) is 0 Å². The number of ether oxygens (including phenoxy) is 2. The molecule has 0 aromatic heterocycles. The molecule has 0 unspecified atom stereocenters. The highest BCUT2D eigenvalue weighted by Gasteiger charge is 2.29. The SMILES string of the molecule is C[C@@H](OC(=O)COc1ccc2c(c1)CCC2)C(=O)N1CCc2ccccc21. The van der Waals surface area contributed by atoms with Crippen molar-refractivity contribution in [2.24, 2.45) is 0 Å². The Bertz CT molecular complexity index is 876. The molecule has 1 aliphatic carbocycles. The molecule has 0 fully saturated rings. The Morgan fingerprint density at radius 1 is 1.04 bits per heavy atom. The lowest BCUT2D eigenvalue weighted by atomic mass is 10.1. The summed E-state index contributed by atoms with van der Waals surface area (Å²) in [6.45, 7) is 2.02. The smallest absolute Gasteiger partial charge is 0.344 e. The summed E-state index contributed by atoms with van der Waals surface area (Å²) >= 11 is 0. The minimum absolute atomic E-state index is 0.201. The van der Waals surface area contributed by atoms with E-state index in [1.165, 1.54) is 17.5 Å². The molecule has 2 aromatic rings. The van der Waals surface area contributed by atoms with E-state index >= 15 is 0 Å². The Morgan fingerprint density at radius 3 is 2.74 bits per heavy atom. The van der Waals surface area contributed by atoms with E-state index in [9.17, 15) is 9.59 Å². The van der Waals surface area contributed by atoms with Gasteiger partial charge in [0.25, 0.3) is 5.91 Å². The van der Waals surface area contributed by atoms with Crippen molar-refractivity contribution in [1.29, 1.82) is 0 Å². The van der Waals surface area contributed by atoms with E-state index in [0.29, 0.717) is 12.3 Å². The standard InChI is InChI=1S/C22H23NO4/c1-15(22(25)23-12-11-17-5-2-3-8-20(17)23)27-21(24)14-26-19-10-9-16-6-4-7-18(16)13-19/h2-3,5,8-10,13,15H,4,6-7,11-12,14H2,1H3/t15-/m1/s1. The molecule has 0 N–H and O–H groups in total. The monoisotopic (exact) mass is 365 g/mol. The second-order valence-electron chi connectivity index (χ2n) is 7.07. The molecule has 0 radical (unpaired) electrons. The molecule has 0 saturated carbocycles.